The third-order valence-corrected chi connectivity index (χ3v) is 14.4. The summed E-state index contributed by atoms with van der Waals surface area (Å²) in [6.07, 6.45) is 0.250. The van der Waals surface area contributed by atoms with Gasteiger partial charge >= 0.3 is 11.9 Å². The minimum absolute atomic E-state index is 0.0669. The van der Waals surface area contributed by atoms with Gasteiger partial charge in [0.05, 0.1) is 12.5 Å². The van der Waals surface area contributed by atoms with Crippen LogP contribution in [-0.4, -0.2) is 157 Å². The topological polar surface area (TPSA) is 358 Å². The number of aliphatic carboxylic acids is 2. The van der Waals surface area contributed by atoms with Crippen molar-refractivity contribution in [2.45, 2.75) is 168 Å². The molecule has 24 nitrogen and oxygen atoms in total. The van der Waals surface area contributed by atoms with Crippen molar-refractivity contribution in [3.8, 4) is 11.1 Å². The highest BCUT2D eigenvalue weighted by atomic mass is 19.1. The highest BCUT2D eigenvalue weighted by Crippen LogP contribution is 2.41. The molecule has 84 heavy (non-hydrogen) atoms. The van der Waals surface area contributed by atoms with Gasteiger partial charge in [0.1, 0.15) is 48.5 Å². The number of carbonyl (C=O) groups excluding carboxylic acids is 9. The number of benzene rings is 2. The largest absolute Gasteiger partial charge is 0.481 e. The van der Waals surface area contributed by atoms with Crippen LogP contribution in [0.3, 0.4) is 0 Å². The lowest BCUT2D eigenvalue weighted by atomic mass is 9.82. The first-order chi connectivity index (χ1) is 39.3. The predicted octanol–water partition coefficient (Wildman–Crippen LogP) is 2.78. The van der Waals surface area contributed by atoms with Crippen molar-refractivity contribution in [1.82, 2.24) is 46.3 Å². The van der Waals surface area contributed by atoms with Gasteiger partial charge in [-0.05, 0) is 88.1 Å². The molecule has 0 unspecified atom stereocenters. The van der Waals surface area contributed by atoms with Gasteiger partial charge in [0.25, 0.3) is 0 Å². The molecule has 2 aromatic carbocycles. The van der Waals surface area contributed by atoms with Gasteiger partial charge in [0.2, 0.25) is 53.2 Å². The van der Waals surface area contributed by atoms with E-state index < -0.39 is 164 Å². The minimum atomic E-state index is -1.82. The van der Waals surface area contributed by atoms with Crippen LogP contribution in [0, 0.1) is 17.0 Å². The van der Waals surface area contributed by atoms with Crippen LogP contribution in [0.4, 0.5) is 8.78 Å². The smallest absolute Gasteiger partial charge is 0.326 e. The first-order valence-corrected chi connectivity index (χ1v) is 27.7. The van der Waals surface area contributed by atoms with Crippen LogP contribution in [0.2, 0.25) is 0 Å². The molecule has 11 N–H and O–H groups in total. The molecule has 0 spiro atoms. The molecule has 0 bridgehead atoms. The molecule has 3 aromatic rings. The van der Waals surface area contributed by atoms with E-state index in [1.807, 2.05) is 32.9 Å². The third kappa shape index (κ3) is 21.8. The molecule has 1 heterocycles. The zero-order valence-electron chi connectivity index (χ0n) is 49.1. The number of halogens is 2. The first kappa shape index (κ1) is 70.0. The standard InChI is InChI=1S/C58H82F2N10O14/c1-10-58(8,11-2)67-48(75)19-15-18-46(73)63-34(3)55(82)68(9)35(4)52(79)66-43(30-45(61)72)54(81)65-41(53(80)62-26-24-47(74)64-42(56(83)84)22-23-50(77)78)25-27-70(49(76)33-71)51(57(5,6)7)44-28-37(39-29-38(59)20-21-40(39)60)32-69(44)31-36-16-13-12-14-17-36/h12-14,16-17,20-21,28-29,32,34-35,41-43,51,71H,10-11,15,18-19,22-27,30-31,33H2,1-9H3,(H2,61,72)(H,62,80)(H,63,73)(H,64,74)(H,65,81)(H,66,79)(H,67,75)(H,77,78)(H,83,84)/t34-,35-,41-,42+,43-,51-/m0/s1. The Kier molecular flexibility index (Phi) is 27.1. The number of aromatic nitrogens is 1. The van der Waals surface area contributed by atoms with E-state index in [0.29, 0.717) is 18.5 Å². The summed E-state index contributed by atoms with van der Waals surface area (Å²) in [5.74, 6) is -11.8. The molecule has 26 heteroatoms. The van der Waals surface area contributed by atoms with E-state index in [1.54, 1.807) is 55.8 Å². The van der Waals surface area contributed by atoms with Crippen molar-refractivity contribution in [1.29, 1.82) is 0 Å². The van der Waals surface area contributed by atoms with Crippen molar-refractivity contribution in [2.24, 2.45) is 11.1 Å². The summed E-state index contributed by atoms with van der Waals surface area (Å²) in [6.45, 7) is 12.0. The van der Waals surface area contributed by atoms with E-state index in [-0.39, 0.29) is 48.4 Å². The fraction of sp³-hybridized carbons (Fsp3) is 0.534. The summed E-state index contributed by atoms with van der Waals surface area (Å²) in [5.41, 5.74) is 5.51. The lowest BCUT2D eigenvalue weighted by Gasteiger charge is -2.41. The summed E-state index contributed by atoms with van der Waals surface area (Å²) in [7, 11) is 1.25. The Bertz CT molecular complexity index is 2820. The van der Waals surface area contributed by atoms with Gasteiger partial charge in [-0.2, -0.15) is 0 Å². The molecule has 6 atom stereocenters. The maximum absolute atomic E-state index is 15.4. The van der Waals surface area contributed by atoms with Crippen molar-refractivity contribution in [2.75, 3.05) is 26.7 Å². The number of likely N-dealkylation sites (N-methyl/N-ethyl adjacent to an activating group) is 1. The lowest BCUT2D eigenvalue weighted by Crippen LogP contribution is -2.58. The molecule has 0 aliphatic heterocycles. The second kappa shape index (κ2) is 32.5. The number of rotatable bonds is 34. The minimum Gasteiger partial charge on any atom is -0.481 e. The van der Waals surface area contributed by atoms with Crippen LogP contribution >= 0.6 is 0 Å². The molecule has 0 aliphatic carbocycles. The molecular formula is C58H82F2N10O14. The van der Waals surface area contributed by atoms with Crippen LogP contribution in [0.1, 0.15) is 137 Å². The number of amides is 9. The monoisotopic (exact) mass is 1180 g/mol. The number of nitrogens with zero attached hydrogens (tertiary/aromatic N) is 3. The van der Waals surface area contributed by atoms with Crippen LogP contribution < -0.4 is 37.6 Å². The van der Waals surface area contributed by atoms with Gasteiger partial charge in [-0.25, -0.2) is 13.6 Å². The summed E-state index contributed by atoms with van der Waals surface area (Å²) in [5, 5.41) is 44.1. The SMILES string of the molecule is CCC(C)(CC)NC(=O)CCCC(=O)N[C@@H](C)C(=O)N(C)[C@@H](C)C(=O)N[C@@H](CC(N)=O)C(=O)N[C@@H](CCN(C(=O)CO)[C@@H](c1cc(-c2cc(F)ccc2F)cn1Cc1ccccc1)C(C)(C)C)C(=O)NCCC(=O)N[C@H](CCC(=O)O)C(=O)O. The molecule has 0 aliphatic rings. The third-order valence-electron chi connectivity index (χ3n) is 14.4. The highest BCUT2D eigenvalue weighted by Gasteiger charge is 2.39. The Balaban J connectivity index is 1.99. The second-order valence-corrected chi connectivity index (χ2v) is 22.0. The van der Waals surface area contributed by atoms with E-state index in [4.69, 9.17) is 10.8 Å². The highest BCUT2D eigenvalue weighted by molar-refractivity contribution is 5.97. The molecule has 0 saturated heterocycles. The Hall–Kier alpha value is -8.29. The average Bonchev–Trinajstić information content (AvgIpc) is 4.08. The summed E-state index contributed by atoms with van der Waals surface area (Å²) in [6, 6.07) is 4.89. The molecule has 0 saturated carbocycles. The number of nitrogens with two attached hydrogens (primary N) is 1. The number of hydrogen-bond donors (Lipinski definition) is 10. The van der Waals surface area contributed by atoms with E-state index in [9.17, 15) is 67.3 Å². The second-order valence-electron chi connectivity index (χ2n) is 22.0. The Morgan fingerprint density at radius 3 is 1.93 bits per heavy atom. The molecule has 9 amide bonds. The number of carbonyl (C=O) groups is 11. The van der Waals surface area contributed by atoms with Gasteiger partial charge in [-0.1, -0.05) is 65.0 Å². The van der Waals surface area contributed by atoms with E-state index in [1.165, 1.54) is 25.8 Å². The van der Waals surface area contributed by atoms with Gasteiger partial charge < -0.3 is 67.3 Å². The van der Waals surface area contributed by atoms with Crippen molar-refractivity contribution in [3.63, 3.8) is 0 Å². The quantitative estimate of drug-likeness (QED) is 0.0411. The van der Waals surface area contributed by atoms with Crippen molar-refractivity contribution in [3.05, 3.63) is 83.7 Å². The van der Waals surface area contributed by atoms with Crippen LogP contribution in [-0.2, 0) is 59.3 Å². The van der Waals surface area contributed by atoms with E-state index >= 15 is 4.39 Å². The number of carboxylic acids is 2. The Morgan fingerprint density at radius 1 is 0.726 bits per heavy atom. The fourth-order valence-corrected chi connectivity index (χ4v) is 9.11. The summed E-state index contributed by atoms with van der Waals surface area (Å²) >= 11 is 0. The zero-order valence-corrected chi connectivity index (χ0v) is 49.1. The average molecular weight is 1180 g/mol. The number of hydrogen-bond acceptors (Lipinski definition) is 12. The van der Waals surface area contributed by atoms with E-state index in [2.05, 4.69) is 31.9 Å². The summed E-state index contributed by atoms with van der Waals surface area (Å²) in [4.78, 5) is 146. The molecule has 0 radical (unpaired) electrons. The van der Waals surface area contributed by atoms with Gasteiger partial charge in [0.15, 0.2) is 0 Å². The Morgan fingerprint density at radius 2 is 1.35 bits per heavy atom. The number of primary amides is 1. The number of aliphatic hydroxyl groups is 1. The van der Waals surface area contributed by atoms with E-state index in [0.717, 1.165) is 28.7 Å². The number of nitrogens with one attached hydrogen (secondary N) is 6. The zero-order chi connectivity index (χ0) is 63.2. The number of aliphatic hydroxyl groups excluding tert-OH is 1. The van der Waals surface area contributed by atoms with Crippen molar-refractivity contribution < 1.29 is 76.8 Å². The van der Waals surface area contributed by atoms with Crippen LogP contribution in [0.15, 0.2) is 60.8 Å². The lowest BCUT2D eigenvalue weighted by molar-refractivity contribution is -0.143. The molecule has 1 aromatic heterocycles. The van der Waals surface area contributed by atoms with Crippen molar-refractivity contribution >= 4 is 65.1 Å². The predicted molar refractivity (Wildman–Crippen MR) is 303 cm³/mol. The molecule has 0 fully saturated rings. The summed E-state index contributed by atoms with van der Waals surface area (Å²) < 4.78 is 31.8. The Labute approximate surface area is 487 Å². The molecule has 3 rings (SSSR count). The molecule has 462 valence electrons. The molecular weight excluding hydrogens is 1100 g/mol. The normalized spacial score (nSPS) is 13.6. The first-order valence-electron chi connectivity index (χ1n) is 27.7. The maximum atomic E-state index is 15.4. The van der Waals surface area contributed by atoms with Gasteiger partial charge in [0, 0.05) is 80.9 Å². The fourth-order valence-electron chi connectivity index (χ4n) is 9.11. The van der Waals surface area contributed by atoms with Gasteiger partial charge in [-0.3, -0.25) is 47.9 Å². The van der Waals surface area contributed by atoms with Crippen LogP contribution in [0.5, 0.6) is 0 Å². The van der Waals surface area contributed by atoms with Crippen LogP contribution in [0.25, 0.3) is 11.1 Å². The van der Waals surface area contributed by atoms with Gasteiger partial charge in [-0.15, -0.1) is 0 Å². The number of carboxylic acid groups (broad SMARTS) is 2. The maximum Gasteiger partial charge on any atom is 0.326 e.